The zero-order chi connectivity index (χ0) is 37.2. The number of oxazole rings is 1. The molecular formula is C41H42N8O4. The molecule has 0 aliphatic carbocycles. The summed E-state index contributed by atoms with van der Waals surface area (Å²) >= 11 is 0. The molecule has 12 nitrogen and oxygen atoms in total. The van der Waals surface area contributed by atoms with Gasteiger partial charge in [-0.3, -0.25) is 14.7 Å². The summed E-state index contributed by atoms with van der Waals surface area (Å²) < 4.78 is 6.30. The van der Waals surface area contributed by atoms with Gasteiger partial charge in [-0.25, -0.2) is 15.0 Å². The van der Waals surface area contributed by atoms with Crippen LogP contribution in [0.1, 0.15) is 53.4 Å². The molecule has 1 aliphatic rings. The Morgan fingerprint density at radius 3 is 2.43 bits per heavy atom. The van der Waals surface area contributed by atoms with E-state index in [1.165, 1.54) is 0 Å². The molecule has 0 radical (unpaired) electrons. The number of carboxylic acids is 1. The van der Waals surface area contributed by atoms with E-state index in [2.05, 4.69) is 52.6 Å². The standard InChI is InChI=1S/C41H42N8O4/c1-23(22-50)43-19-28-17-35-37(44-20-28)39(46-26(4)45-35)47-34-10-6-8-32(25(34)3)31-7-5-9-33(24(31)2)40-48-36-16-27(15-30(18-42)38(36)53-40)21-49-13-11-29(12-14-49)41(51)52/h5-10,15-17,20,23,29,43,50H,11-14,19,21-22H2,1-4H3,(H,51,52)(H,45,46,47). The van der Waals surface area contributed by atoms with Crippen LogP contribution in [0, 0.1) is 38.0 Å². The molecule has 3 aromatic heterocycles. The van der Waals surface area contributed by atoms with E-state index in [-0.39, 0.29) is 18.6 Å². The number of rotatable bonds is 11. The van der Waals surface area contributed by atoms with E-state index < -0.39 is 5.97 Å². The van der Waals surface area contributed by atoms with Crippen LogP contribution in [0.4, 0.5) is 11.5 Å². The van der Waals surface area contributed by atoms with Crippen LogP contribution in [-0.4, -0.2) is 66.8 Å². The molecule has 0 spiro atoms. The summed E-state index contributed by atoms with van der Waals surface area (Å²) in [6.45, 7) is 10.5. The summed E-state index contributed by atoms with van der Waals surface area (Å²) in [7, 11) is 0. The quantitative estimate of drug-likeness (QED) is 0.111. The number of piperidine rings is 1. The van der Waals surface area contributed by atoms with Crippen molar-refractivity contribution in [2.45, 2.75) is 59.7 Å². The van der Waals surface area contributed by atoms with Gasteiger partial charge in [-0.05, 0) is 117 Å². The van der Waals surface area contributed by atoms with Crippen LogP contribution >= 0.6 is 0 Å². The van der Waals surface area contributed by atoms with E-state index in [9.17, 15) is 20.3 Å². The highest BCUT2D eigenvalue weighted by Crippen LogP contribution is 2.38. The molecular weight excluding hydrogens is 669 g/mol. The number of carboxylic acid groups (broad SMARTS) is 1. The molecule has 0 bridgehead atoms. The Kier molecular flexibility index (Phi) is 10.1. The molecule has 3 aromatic carbocycles. The first-order chi connectivity index (χ1) is 25.6. The number of hydrogen-bond acceptors (Lipinski definition) is 11. The number of nitrogens with zero attached hydrogens (tertiary/aromatic N) is 6. The number of benzene rings is 3. The smallest absolute Gasteiger partial charge is 0.306 e. The van der Waals surface area contributed by atoms with Crippen LogP contribution < -0.4 is 10.6 Å². The number of pyridine rings is 1. The van der Waals surface area contributed by atoms with Crippen molar-refractivity contribution < 1.29 is 19.4 Å². The Morgan fingerprint density at radius 2 is 1.70 bits per heavy atom. The highest BCUT2D eigenvalue weighted by atomic mass is 16.4. The fraction of sp³-hybridized carbons (Fsp3) is 0.317. The largest absolute Gasteiger partial charge is 0.481 e. The normalized spacial score (nSPS) is 14.4. The number of hydrogen-bond donors (Lipinski definition) is 4. The lowest BCUT2D eigenvalue weighted by atomic mass is 9.93. The first-order valence-corrected chi connectivity index (χ1v) is 17.8. The molecule has 1 unspecified atom stereocenters. The molecule has 270 valence electrons. The van der Waals surface area contributed by atoms with Gasteiger partial charge in [0.1, 0.15) is 22.9 Å². The van der Waals surface area contributed by atoms with Crippen molar-refractivity contribution in [1.29, 1.82) is 5.26 Å². The zero-order valence-corrected chi connectivity index (χ0v) is 30.3. The van der Waals surface area contributed by atoms with E-state index in [1.54, 1.807) is 6.20 Å². The molecule has 4 N–H and O–H groups in total. The zero-order valence-electron chi connectivity index (χ0n) is 30.3. The SMILES string of the molecule is Cc1nc(Nc2cccc(-c3cccc(-c4nc5cc(CN6CCC(C(=O)O)CC6)cc(C#N)c5o4)c3C)c2C)c2ncc(CNC(C)CO)cc2n1. The number of likely N-dealkylation sites (tertiary alicyclic amines) is 1. The lowest BCUT2D eigenvalue weighted by molar-refractivity contribution is -0.143. The van der Waals surface area contributed by atoms with Crippen LogP contribution in [0.5, 0.6) is 0 Å². The van der Waals surface area contributed by atoms with E-state index in [0.29, 0.717) is 78.7 Å². The highest BCUT2D eigenvalue weighted by Gasteiger charge is 2.25. The maximum Gasteiger partial charge on any atom is 0.306 e. The van der Waals surface area contributed by atoms with Gasteiger partial charge < -0.3 is 25.3 Å². The number of nitriles is 1. The second-order valence-electron chi connectivity index (χ2n) is 13.9. The van der Waals surface area contributed by atoms with Crippen molar-refractivity contribution in [1.82, 2.24) is 30.2 Å². The van der Waals surface area contributed by atoms with Gasteiger partial charge in [-0.15, -0.1) is 0 Å². The summed E-state index contributed by atoms with van der Waals surface area (Å²) in [5, 5.41) is 35.6. The number of aliphatic carboxylic acids is 1. The summed E-state index contributed by atoms with van der Waals surface area (Å²) in [4.78, 5) is 32.6. The molecule has 1 aliphatic heterocycles. The molecule has 1 saturated heterocycles. The van der Waals surface area contributed by atoms with Crippen LogP contribution in [0.3, 0.4) is 0 Å². The van der Waals surface area contributed by atoms with Gasteiger partial charge >= 0.3 is 5.97 Å². The van der Waals surface area contributed by atoms with Crippen molar-refractivity contribution in [3.8, 4) is 28.7 Å². The summed E-state index contributed by atoms with van der Waals surface area (Å²) in [5.41, 5.74) is 10.6. The molecule has 1 atom stereocenters. The molecule has 4 heterocycles. The Balaban J connectivity index is 1.17. The number of nitrogens with one attached hydrogen (secondary N) is 2. The maximum atomic E-state index is 11.4. The van der Waals surface area contributed by atoms with Crippen molar-refractivity contribution in [3.63, 3.8) is 0 Å². The second kappa shape index (κ2) is 15.1. The van der Waals surface area contributed by atoms with Crippen LogP contribution in [0.2, 0.25) is 0 Å². The van der Waals surface area contributed by atoms with E-state index in [0.717, 1.165) is 50.1 Å². The van der Waals surface area contributed by atoms with Gasteiger partial charge in [0.25, 0.3) is 0 Å². The predicted octanol–water partition coefficient (Wildman–Crippen LogP) is 6.81. The molecule has 1 fully saturated rings. The van der Waals surface area contributed by atoms with E-state index >= 15 is 0 Å². The third-order valence-corrected chi connectivity index (χ3v) is 10.1. The van der Waals surface area contributed by atoms with Crippen molar-refractivity contribution >= 4 is 39.6 Å². The number of aryl methyl sites for hydroxylation is 1. The number of anilines is 2. The van der Waals surface area contributed by atoms with Crippen molar-refractivity contribution in [2.75, 3.05) is 25.0 Å². The average molecular weight is 711 g/mol. The van der Waals surface area contributed by atoms with E-state index in [1.807, 2.05) is 56.3 Å². The number of aromatic nitrogens is 4. The Bertz CT molecular complexity index is 2370. The fourth-order valence-electron chi connectivity index (χ4n) is 7.04. The molecule has 0 amide bonds. The fourth-order valence-corrected chi connectivity index (χ4v) is 7.04. The number of aliphatic hydroxyl groups is 1. The summed E-state index contributed by atoms with van der Waals surface area (Å²) in [6.07, 6.45) is 3.04. The van der Waals surface area contributed by atoms with Crippen molar-refractivity contribution in [3.05, 3.63) is 94.4 Å². The first-order valence-electron chi connectivity index (χ1n) is 17.8. The van der Waals surface area contributed by atoms with Gasteiger partial charge in [0.2, 0.25) is 5.89 Å². The lowest BCUT2D eigenvalue weighted by Gasteiger charge is -2.30. The minimum atomic E-state index is -0.732. The van der Waals surface area contributed by atoms with Crippen LogP contribution in [0.25, 0.3) is 44.7 Å². The summed E-state index contributed by atoms with van der Waals surface area (Å²) in [6, 6.07) is 20.2. The predicted molar refractivity (Wildman–Crippen MR) is 203 cm³/mol. The van der Waals surface area contributed by atoms with Crippen LogP contribution in [0.15, 0.2) is 65.2 Å². The second-order valence-corrected chi connectivity index (χ2v) is 13.9. The molecule has 12 heteroatoms. The minimum Gasteiger partial charge on any atom is -0.481 e. The van der Waals surface area contributed by atoms with Gasteiger partial charge in [0.15, 0.2) is 11.4 Å². The van der Waals surface area contributed by atoms with Gasteiger partial charge in [-0.2, -0.15) is 5.26 Å². The maximum absolute atomic E-state index is 11.4. The minimum absolute atomic E-state index is 0.0251. The molecule has 7 rings (SSSR count). The number of carbonyl (C=O) groups is 1. The summed E-state index contributed by atoms with van der Waals surface area (Å²) in [5.74, 6) is 0.651. The number of aliphatic hydroxyl groups excluding tert-OH is 1. The average Bonchev–Trinajstić information content (AvgIpc) is 3.58. The topological polar surface area (TPSA) is 173 Å². The first kappa shape index (κ1) is 35.7. The monoisotopic (exact) mass is 710 g/mol. The molecule has 53 heavy (non-hydrogen) atoms. The molecule has 6 aromatic rings. The number of fused-ring (bicyclic) bond motifs is 2. The third-order valence-electron chi connectivity index (χ3n) is 10.1. The van der Waals surface area contributed by atoms with Gasteiger partial charge in [0.05, 0.1) is 23.6 Å². The Hall–Kier alpha value is -5.74. The van der Waals surface area contributed by atoms with E-state index in [4.69, 9.17) is 19.4 Å². The van der Waals surface area contributed by atoms with Crippen molar-refractivity contribution in [2.24, 2.45) is 5.92 Å². The van der Waals surface area contributed by atoms with Gasteiger partial charge in [-0.1, -0.05) is 24.3 Å². The van der Waals surface area contributed by atoms with Gasteiger partial charge in [0, 0.05) is 36.6 Å². The Morgan fingerprint density at radius 1 is 0.981 bits per heavy atom. The highest BCUT2D eigenvalue weighted by molar-refractivity contribution is 5.89. The third kappa shape index (κ3) is 7.45. The Labute approximate surface area is 307 Å². The lowest BCUT2D eigenvalue weighted by Crippen LogP contribution is -2.35. The van der Waals surface area contributed by atoms with Crippen LogP contribution in [-0.2, 0) is 17.9 Å². The molecule has 0 saturated carbocycles.